The Hall–Kier alpha value is -1.92. The van der Waals surface area contributed by atoms with E-state index < -0.39 is 0 Å². The van der Waals surface area contributed by atoms with Gasteiger partial charge in [-0.15, -0.1) is 17.0 Å². The van der Waals surface area contributed by atoms with Crippen molar-refractivity contribution in [2.75, 3.05) is 6.61 Å². The van der Waals surface area contributed by atoms with E-state index in [0.717, 1.165) is 22.3 Å². The first-order chi connectivity index (χ1) is 14.0. The molecule has 0 saturated heterocycles. The number of ether oxygens (including phenoxy) is 1. The molecule has 0 fully saturated rings. The van der Waals surface area contributed by atoms with Gasteiger partial charge in [0.25, 0.3) is 0 Å². The zero-order valence-electron chi connectivity index (χ0n) is 15.8. The summed E-state index contributed by atoms with van der Waals surface area (Å²) in [5, 5.41) is 10.4. The fraction of sp³-hybridized carbons (Fsp3) is 0.136. The molecule has 0 aliphatic heterocycles. The lowest BCUT2D eigenvalue weighted by Crippen LogP contribution is -2.27. The average molecular weight is 528 g/mol. The fourth-order valence-electron chi connectivity index (χ4n) is 3.29. The minimum Gasteiger partial charge on any atom is -0.492 e. The van der Waals surface area contributed by atoms with E-state index in [4.69, 9.17) is 44.9 Å². The molecule has 1 N–H and O–H groups in total. The van der Waals surface area contributed by atoms with Crippen LogP contribution in [-0.2, 0) is 13.1 Å². The third kappa shape index (κ3) is 4.86. The molecule has 0 bridgehead atoms. The van der Waals surface area contributed by atoms with E-state index >= 15 is 0 Å². The highest BCUT2D eigenvalue weighted by Gasteiger charge is 2.11. The van der Waals surface area contributed by atoms with Crippen molar-refractivity contribution < 1.29 is 4.74 Å². The molecule has 30 heavy (non-hydrogen) atoms. The molecular weight excluding hydrogens is 509 g/mol. The van der Waals surface area contributed by atoms with Crippen molar-refractivity contribution in [3.63, 3.8) is 0 Å². The van der Waals surface area contributed by atoms with Gasteiger partial charge in [-0.1, -0.05) is 53.0 Å². The van der Waals surface area contributed by atoms with Crippen molar-refractivity contribution in [2.45, 2.75) is 13.1 Å². The van der Waals surface area contributed by atoms with Crippen molar-refractivity contribution in [3.8, 4) is 5.75 Å². The van der Waals surface area contributed by atoms with E-state index in [9.17, 15) is 0 Å². The topological polar surface area (TPSA) is 42.9 Å². The van der Waals surface area contributed by atoms with Crippen LogP contribution in [0.1, 0.15) is 5.56 Å². The Labute approximate surface area is 199 Å². The summed E-state index contributed by atoms with van der Waals surface area (Å²) in [6, 6.07) is 20.8. The van der Waals surface area contributed by atoms with E-state index in [1.54, 1.807) is 18.2 Å². The third-order valence-corrected chi connectivity index (χ3v) is 5.69. The number of aromatic nitrogens is 2. The van der Waals surface area contributed by atoms with Gasteiger partial charge in [0.15, 0.2) is 0 Å². The number of para-hydroxylation sites is 2. The van der Waals surface area contributed by atoms with Crippen LogP contribution in [0.4, 0.5) is 0 Å². The first-order valence-corrected chi connectivity index (χ1v) is 10.2. The summed E-state index contributed by atoms with van der Waals surface area (Å²) in [6.45, 7) is 1.52. The predicted octanol–water partition coefficient (Wildman–Crippen LogP) is 6.59. The minimum atomic E-state index is 0. The second kappa shape index (κ2) is 9.92. The van der Waals surface area contributed by atoms with Crippen LogP contribution in [0, 0.1) is 5.41 Å². The molecule has 4 nitrogen and oxygen atoms in total. The van der Waals surface area contributed by atoms with Crippen LogP contribution in [0.25, 0.3) is 11.0 Å². The molecule has 0 saturated carbocycles. The van der Waals surface area contributed by atoms with E-state index in [0.29, 0.717) is 40.4 Å². The van der Waals surface area contributed by atoms with Crippen LogP contribution in [0.5, 0.6) is 5.75 Å². The first kappa shape index (κ1) is 22.8. The summed E-state index contributed by atoms with van der Waals surface area (Å²) in [5.74, 6) is 0.751. The number of nitrogens with zero attached hydrogens (tertiary/aromatic N) is 2. The van der Waals surface area contributed by atoms with Crippen LogP contribution < -0.4 is 10.4 Å². The highest BCUT2D eigenvalue weighted by molar-refractivity contribution is 8.93. The second-order valence-electron chi connectivity index (χ2n) is 6.60. The molecule has 4 aromatic rings. The molecule has 8 heteroatoms. The summed E-state index contributed by atoms with van der Waals surface area (Å²) < 4.78 is 9.72. The lowest BCUT2D eigenvalue weighted by molar-refractivity contribution is 0.296. The third-order valence-electron chi connectivity index (χ3n) is 4.70. The summed E-state index contributed by atoms with van der Waals surface area (Å²) >= 11 is 18.1. The number of benzene rings is 3. The van der Waals surface area contributed by atoms with E-state index in [-0.39, 0.29) is 17.0 Å². The van der Waals surface area contributed by atoms with Gasteiger partial charge in [0.05, 0.1) is 34.2 Å². The van der Waals surface area contributed by atoms with Crippen molar-refractivity contribution >= 4 is 62.8 Å². The predicted molar refractivity (Wildman–Crippen MR) is 129 cm³/mol. The lowest BCUT2D eigenvalue weighted by Gasteiger charge is -2.08. The number of halogens is 4. The Balaban J connectivity index is 0.00000256. The molecule has 0 aliphatic carbocycles. The highest BCUT2D eigenvalue weighted by Crippen LogP contribution is 2.24. The molecule has 0 unspecified atom stereocenters. The van der Waals surface area contributed by atoms with Gasteiger partial charge in [-0.2, -0.15) is 0 Å². The van der Waals surface area contributed by atoms with Gasteiger partial charge in [0.1, 0.15) is 12.4 Å². The molecule has 1 aromatic heterocycles. The smallest absolute Gasteiger partial charge is 0.203 e. The SMILES string of the molecule is Br.N=c1n(CCOc2ccc(Cl)cc2)c2ccccc2n1Cc1ccc(Cl)c(Cl)c1. The van der Waals surface area contributed by atoms with E-state index in [1.165, 1.54) is 0 Å². The molecule has 0 amide bonds. The van der Waals surface area contributed by atoms with Crippen LogP contribution >= 0.6 is 51.8 Å². The summed E-state index contributed by atoms with van der Waals surface area (Å²) in [5.41, 5.74) is 3.35. The van der Waals surface area contributed by atoms with Crippen LogP contribution in [0.3, 0.4) is 0 Å². The number of nitrogens with one attached hydrogen (secondary N) is 1. The summed E-state index contributed by atoms with van der Waals surface area (Å²) in [7, 11) is 0. The Morgan fingerprint density at radius 1 is 0.800 bits per heavy atom. The van der Waals surface area contributed by atoms with Gasteiger partial charge in [-0.05, 0) is 54.1 Å². The maximum Gasteiger partial charge on any atom is 0.203 e. The standard InChI is InChI=1S/C22H18Cl3N3O.BrH/c23-16-6-8-17(9-7-16)29-12-11-27-20-3-1-2-4-21(20)28(22(27)26)14-15-5-10-18(24)19(25)13-15;/h1-10,13,26H,11-12,14H2;1H. The van der Waals surface area contributed by atoms with Crippen molar-refractivity contribution in [2.24, 2.45) is 0 Å². The lowest BCUT2D eigenvalue weighted by atomic mass is 10.2. The Morgan fingerprint density at radius 3 is 2.13 bits per heavy atom. The first-order valence-electron chi connectivity index (χ1n) is 9.08. The second-order valence-corrected chi connectivity index (χ2v) is 7.85. The van der Waals surface area contributed by atoms with Crippen LogP contribution in [0.15, 0.2) is 66.7 Å². The number of imidazole rings is 1. The zero-order chi connectivity index (χ0) is 20.4. The van der Waals surface area contributed by atoms with Crippen molar-refractivity contribution in [1.29, 1.82) is 5.41 Å². The molecule has 1 heterocycles. The van der Waals surface area contributed by atoms with Crippen molar-refractivity contribution in [1.82, 2.24) is 9.13 Å². The van der Waals surface area contributed by atoms with E-state index in [1.807, 2.05) is 57.7 Å². The molecule has 156 valence electrons. The van der Waals surface area contributed by atoms with Gasteiger partial charge in [-0.3, -0.25) is 5.41 Å². The van der Waals surface area contributed by atoms with E-state index in [2.05, 4.69) is 0 Å². The van der Waals surface area contributed by atoms with Gasteiger partial charge in [0, 0.05) is 5.02 Å². The number of fused-ring (bicyclic) bond motifs is 1. The van der Waals surface area contributed by atoms with Gasteiger partial charge in [-0.25, -0.2) is 0 Å². The maximum absolute atomic E-state index is 8.73. The normalized spacial score (nSPS) is 10.8. The summed E-state index contributed by atoms with van der Waals surface area (Å²) in [4.78, 5) is 0. The quantitative estimate of drug-likeness (QED) is 0.302. The number of hydrogen-bond acceptors (Lipinski definition) is 2. The molecule has 0 radical (unpaired) electrons. The Morgan fingerprint density at radius 2 is 1.47 bits per heavy atom. The fourth-order valence-corrected chi connectivity index (χ4v) is 3.73. The minimum absolute atomic E-state index is 0. The molecule has 0 aliphatic rings. The Bertz CT molecular complexity index is 1220. The van der Waals surface area contributed by atoms with Gasteiger partial charge in [0.2, 0.25) is 5.62 Å². The van der Waals surface area contributed by atoms with Gasteiger partial charge >= 0.3 is 0 Å². The van der Waals surface area contributed by atoms with Gasteiger partial charge < -0.3 is 13.9 Å². The number of hydrogen-bond donors (Lipinski definition) is 1. The molecule has 4 rings (SSSR count). The molecule has 0 spiro atoms. The summed E-state index contributed by atoms with van der Waals surface area (Å²) in [6.07, 6.45) is 0. The monoisotopic (exact) mass is 525 g/mol. The average Bonchev–Trinajstić information content (AvgIpc) is 2.98. The maximum atomic E-state index is 8.73. The zero-order valence-corrected chi connectivity index (χ0v) is 19.8. The van der Waals surface area contributed by atoms with Crippen LogP contribution in [-0.4, -0.2) is 15.7 Å². The largest absolute Gasteiger partial charge is 0.492 e. The Kier molecular flexibility index (Phi) is 7.53. The highest BCUT2D eigenvalue weighted by atomic mass is 79.9. The molecular formula is C22H19BrCl3N3O. The molecule has 0 atom stereocenters. The number of rotatable bonds is 6. The van der Waals surface area contributed by atoms with Crippen LogP contribution in [0.2, 0.25) is 15.1 Å². The van der Waals surface area contributed by atoms with Crippen molar-refractivity contribution in [3.05, 3.63) is 93.0 Å². The molecule has 3 aromatic carbocycles.